The summed E-state index contributed by atoms with van der Waals surface area (Å²) in [5, 5.41) is 0. The van der Waals surface area contributed by atoms with Crippen LogP contribution in [0, 0.1) is 0 Å². The van der Waals surface area contributed by atoms with E-state index in [0.717, 1.165) is 51.4 Å². The Morgan fingerprint density at radius 3 is 0.905 bits per heavy atom. The monoisotopic (exact) mass is 343 g/mol. The molecular formula is C16H36O4V. The molecule has 0 atom stereocenters. The Balaban J connectivity index is 4.52. The normalized spacial score (nSPS) is 12.0. The predicted octanol–water partition coefficient (Wildman–Crippen LogP) is 5.07. The van der Waals surface area contributed by atoms with Gasteiger partial charge in [0.25, 0.3) is 0 Å². The quantitative estimate of drug-likeness (QED) is 0.367. The van der Waals surface area contributed by atoms with Gasteiger partial charge in [-0.15, -0.1) is 0 Å². The summed E-state index contributed by atoms with van der Waals surface area (Å²) in [6.07, 6.45) is 8.51. The van der Waals surface area contributed by atoms with Crippen LogP contribution in [-0.2, 0) is 30.1 Å². The standard InChI is InChI=1S/4C4H9O.V/c4*1-2-3-4-5;/h4*2-4H2,1H3;/q4*-1;+4. The summed E-state index contributed by atoms with van der Waals surface area (Å²) in [6.45, 7) is 11.3. The van der Waals surface area contributed by atoms with E-state index in [1.165, 1.54) is 0 Å². The van der Waals surface area contributed by atoms with Gasteiger partial charge < -0.3 is 0 Å². The van der Waals surface area contributed by atoms with Gasteiger partial charge in [0.1, 0.15) is 0 Å². The van der Waals surface area contributed by atoms with Crippen molar-refractivity contribution in [1.29, 1.82) is 0 Å². The zero-order valence-electron chi connectivity index (χ0n) is 14.6. The number of rotatable bonds is 16. The van der Waals surface area contributed by atoms with Crippen molar-refractivity contribution in [3.8, 4) is 0 Å². The summed E-state index contributed by atoms with van der Waals surface area (Å²) in [7, 11) is 0. The van der Waals surface area contributed by atoms with Gasteiger partial charge in [0.05, 0.1) is 0 Å². The van der Waals surface area contributed by atoms with Crippen molar-refractivity contribution < 1.29 is 30.1 Å². The summed E-state index contributed by atoms with van der Waals surface area (Å²) < 4.78 is 24.1. The number of hydrogen-bond acceptors (Lipinski definition) is 4. The second-order valence-electron chi connectivity index (χ2n) is 5.19. The van der Waals surface area contributed by atoms with Gasteiger partial charge in [-0.25, -0.2) is 0 Å². The van der Waals surface area contributed by atoms with Crippen LogP contribution in [-0.4, -0.2) is 26.4 Å². The average molecular weight is 343 g/mol. The third-order valence-electron chi connectivity index (χ3n) is 2.99. The van der Waals surface area contributed by atoms with Crippen molar-refractivity contribution in [3.05, 3.63) is 0 Å². The SMILES string of the molecule is CCCC[O][V]([O]CCCC)([O]CCCC)[O]CCCC. The van der Waals surface area contributed by atoms with Crippen LogP contribution in [0.4, 0.5) is 0 Å². The summed E-state index contributed by atoms with van der Waals surface area (Å²) in [5.74, 6) is 0. The average Bonchev–Trinajstić information content (AvgIpc) is 2.48. The fourth-order valence-corrected chi connectivity index (χ4v) is 4.41. The third-order valence-corrected chi connectivity index (χ3v) is 6.10. The van der Waals surface area contributed by atoms with Crippen LogP contribution in [0.15, 0.2) is 0 Å². The number of hydrogen-bond donors (Lipinski definition) is 0. The van der Waals surface area contributed by atoms with E-state index in [0.29, 0.717) is 26.4 Å². The van der Waals surface area contributed by atoms with Gasteiger partial charge in [-0.3, -0.25) is 0 Å². The van der Waals surface area contributed by atoms with Gasteiger partial charge in [-0.1, -0.05) is 0 Å². The van der Waals surface area contributed by atoms with Crippen molar-refractivity contribution >= 4 is 0 Å². The first kappa shape index (κ1) is 21.4. The summed E-state index contributed by atoms with van der Waals surface area (Å²) >= 11 is -3.34. The Hall–Kier alpha value is 0.424. The van der Waals surface area contributed by atoms with E-state index in [1.807, 2.05) is 0 Å². The maximum atomic E-state index is 6.02. The first-order valence-corrected chi connectivity index (χ1v) is 11.0. The molecule has 0 fully saturated rings. The van der Waals surface area contributed by atoms with Gasteiger partial charge in [-0.2, -0.15) is 0 Å². The van der Waals surface area contributed by atoms with Crippen molar-refractivity contribution in [1.82, 2.24) is 0 Å². The molecule has 0 N–H and O–H groups in total. The molecule has 0 aliphatic carbocycles. The second kappa shape index (κ2) is 15.3. The summed E-state index contributed by atoms with van der Waals surface area (Å²) in [4.78, 5) is 0. The molecule has 0 amide bonds. The van der Waals surface area contributed by atoms with Crippen molar-refractivity contribution in [2.24, 2.45) is 0 Å². The fraction of sp³-hybridized carbons (Fsp3) is 1.00. The Labute approximate surface area is 136 Å². The summed E-state index contributed by atoms with van der Waals surface area (Å²) in [6, 6.07) is 0. The number of unbranched alkanes of at least 4 members (excludes halogenated alkanes) is 4. The van der Waals surface area contributed by atoms with Gasteiger partial charge >= 0.3 is 136 Å². The molecule has 0 saturated carbocycles. The van der Waals surface area contributed by atoms with E-state index in [1.54, 1.807) is 0 Å². The molecule has 0 aromatic rings. The minimum absolute atomic E-state index is 0.674. The molecule has 0 saturated heterocycles. The first-order valence-electron chi connectivity index (χ1n) is 8.71. The van der Waals surface area contributed by atoms with E-state index >= 15 is 0 Å². The first-order chi connectivity index (χ1) is 10.2. The molecule has 0 radical (unpaired) electrons. The molecule has 4 nitrogen and oxygen atoms in total. The van der Waals surface area contributed by atoms with Crippen LogP contribution in [0.25, 0.3) is 0 Å². The molecule has 0 unspecified atom stereocenters. The Kier molecular flexibility index (Phi) is 15.6. The van der Waals surface area contributed by atoms with Crippen LogP contribution in [0.2, 0.25) is 0 Å². The Bertz CT molecular complexity index is 169. The van der Waals surface area contributed by atoms with Crippen LogP contribution >= 0.6 is 0 Å². The van der Waals surface area contributed by atoms with E-state index in [9.17, 15) is 0 Å². The van der Waals surface area contributed by atoms with Crippen LogP contribution in [0.5, 0.6) is 0 Å². The molecule has 129 valence electrons. The topological polar surface area (TPSA) is 36.9 Å². The van der Waals surface area contributed by atoms with Crippen molar-refractivity contribution in [2.45, 2.75) is 79.1 Å². The van der Waals surface area contributed by atoms with Gasteiger partial charge in [-0.05, 0) is 0 Å². The molecule has 5 heteroatoms. The zero-order chi connectivity index (χ0) is 15.8. The minimum atomic E-state index is -3.34. The van der Waals surface area contributed by atoms with Gasteiger partial charge in [0.2, 0.25) is 0 Å². The predicted molar refractivity (Wildman–Crippen MR) is 83.4 cm³/mol. The third kappa shape index (κ3) is 11.6. The fourth-order valence-electron chi connectivity index (χ4n) is 1.51. The zero-order valence-corrected chi connectivity index (χ0v) is 16.0. The van der Waals surface area contributed by atoms with E-state index < -0.39 is 15.4 Å². The Morgan fingerprint density at radius 2 is 0.714 bits per heavy atom. The molecule has 0 aliphatic rings. The molecule has 0 aromatic heterocycles. The molecule has 0 spiro atoms. The second-order valence-corrected chi connectivity index (χ2v) is 8.20. The molecule has 0 aromatic carbocycles. The van der Waals surface area contributed by atoms with E-state index in [4.69, 9.17) is 14.6 Å². The van der Waals surface area contributed by atoms with Crippen molar-refractivity contribution in [3.63, 3.8) is 0 Å². The maximum absolute atomic E-state index is 6.02. The molecule has 0 heterocycles. The summed E-state index contributed by atoms with van der Waals surface area (Å²) in [5.41, 5.74) is 0. The molecule has 0 aliphatic heterocycles. The molecule has 0 rings (SSSR count). The van der Waals surface area contributed by atoms with Crippen molar-refractivity contribution in [2.75, 3.05) is 26.4 Å². The van der Waals surface area contributed by atoms with Gasteiger partial charge in [0, 0.05) is 0 Å². The molecular weight excluding hydrogens is 307 g/mol. The van der Waals surface area contributed by atoms with E-state index in [2.05, 4.69) is 27.7 Å². The van der Waals surface area contributed by atoms with Gasteiger partial charge in [0.15, 0.2) is 0 Å². The van der Waals surface area contributed by atoms with Crippen LogP contribution in [0.3, 0.4) is 0 Å². The van der Waals surface area contributed by atoms with E-state index in [-0.39, 0.29) is 0 Å². The van der Waals surface area contributed by atoms with Crippen LogP contribution < -0.4 is 0 Å². The molecule has 21 heavy (non-hydrogen) atoms. The molecule has 0 bridgehead atoms. The van der Waals surface area contributed by atoms with Crippen LogP contribution in [0.1, 0.15) is 79.1 Å². The Morgan fingerprint density at radius 1 is 0.476 bits per heavy atom.